The molecule has 3 rings (SSSR count). The van der Waals surface area contributed by atoms with Crippen LogP contribution in [0, 0.1) is 0 Å². The van der Waals surface area contributed by atoms with Crippen molar-refractivity contribution in [3.05, 3.63) is 11.1 Å². The number of hydrogen-bond acceptors (Lipinski definition) is 4. The Labute approximate surface area is 133 Å². The molecule has 0 radical (unpaired) electrons. The van der Waals surface area contributed by atoms with E-state index in [9.17, 15) is 0 Å². The van der Waals surface area contributed by atoms with Crippen molar-refractivity contribution in [2.24, 2.45) is 0 Å². The highest BCUT2D eigenvalue weighted by molar-refractivity contribution is 7.13. The number of anilines is 1. The molecule has 2 fully saturated rings. The molecule has 2 saturated heterocycles. The van der Waals surface area contributed by atoms with E-state index in [0.29, 0.717) is 18.1 Å². The first kappa shape index (κ1) is 15.3. The van der Waals surface area contributed by atoms with Crippen LogP contribution >= 0.6 is 11.3 Å². The van der Waals surface area contributed by atoms with Gasteiger partial charge < -0.3 is 10.2 Å². The first-order chi connectivity index (χ1) is 9.99. The zero-order chi connectivity index (χ0) is 15.0. The third-order valence-electron chi connectivity index (χ3n) is 4.95. The Bertz CT molecular complexity index is 463. The first-order valence-electron chi connectivity index (χ1n) is 8.46. The Kier molecular flexibility index (Phi) is 4.28. The molecule has 1 aromatic heterocycles. The van der Waals surface area contributed by atoms with Gasteiger partial charge in [-0.25, -0.2) is 4.98 Å². The second-order valence-corrected chi connectivity index (χ2v) is 8.47. The largest absolute Gasteiger partial charge is 0.342 e. The van der Waals surface area contributed by atoms with Gasteiger partial charge in [0, 0.05) is 28.9 Å². The molecule has 118 valence electrons. The van der Waals surface area contributed by atoms with Crippen molar-refractivity contribution >= 4 is 16.5 Å². The molecule has 2 bridgehead atoms. The fourth-order valence-corrected chi connectivity index (χ4v) is 5.07. The van der Waals surface area contributed by atoms with Crippen LogP contribution in [-0.4, -0.2) is 29.7 Å². The second-order valence-electron chi connectivity index (χ2n) is 7.64. The SMILES string of the molecule is CCNC1CC2CCCC(C1)N2c1nc(C(C)(C)C)cs1. The topological polar surface area (TPSA) is 28.2 Å². The lowest BCUT2D eigenvalue weighted by atomic mass is 9.82. The van der Waals surface area contributed by atoms with Gasteiger partial charge in [-0.2, -0.15) is 0 Å². The number of nitrogens with one attached hydrogen (secondary N) is 1. The summed E-state index contributed by atoms with van der Waals surface area (Å²) in [5, 5.41) is 7.20. The number of fused-ring (bicyclic) bond motifs is 2. The van der Waals surface area contributed by atoms with Crippen molar-refractivity contribution in [2.75, 3.05) is 11.4 Å². The van der Waals surface area contributed by atoms with Gasteiger partial charge in [0.2, 0.25) is 0 Å². The number of hydrogen-bond donors (Lipinski definition) is 1. The van der Waals surface area contributed by atoms with Crippen LogP contribution in [0.5, 0.6) is 0 Å². The molecule has 1 N–H and O–H groups in total. The molecule has 3 nitrogen and oxygen atoms in total. The summed E-state index contributed by atoms with van der Waals surface area (Å²) in [5.41, 5.74) is 1.40. The normalized spacial score (nSPS) is 29.7. The average molecular weight is 308 g/mol. The Morgan fingerprint density at radius 1 is 1.29 bits per heavy atom. The van der Waals surface area contributed by atoms with Crippen molar-refractivity contribution in [2.45, 2.75) is 83.3 Å². The van der Waals surface area contributed by atoms with Crippen LogP contribution in [-0.2, 0) is 5.41 Å². The highest BCUT2D eigenvalue weighted by Gasteiger charge is 2.39. The summed E-state index contributed by atoms with van der Waals surface area (Å²) in [7, 11) is 0. The quantitative estimate of drug-likeness (QED) is 0.917. The first-order valence-corrected chi connectivity index (χ1v) is 9.34. The van der Waals surface area contributed by atoms with E-state index in [1.54, 1.807) is 0 Å². The molecule has 2 aliphatic rings. The van der Waals surface area contributed by atoms with Crippen LogP contribution in [0.4, 0.5) is 5.13 Å². The number of nitrogens with zero attached hydrogens (tertiary/aromatic N) is 2. The molecular weight excluding hydrogens is 278 g/mol. The average Bonchev–Trinajstić information content (AvgIpc) is 2.87. The molecule has 0 amide bonds. The Morgan fingerprint density at radius 2 is 1.95 bits per heavy atom. The molecule has 4 heteroatoms. The van der Waals surface area contributed by atoms with Gasteiger partial charge in [-0.15, -0.1) is 11.3 Å². The van der Waals surface area contributed by atoms with Crippen LogP contribution in [0.2, 0.25) is 0 Å². The fraction of sp³-hybridized carbons (Fsp3) is 0.824. The summed E-state index contributed by atoms with van der Waals surface area (Å²) in [5.74, 6) is 0. The molecule has 2 aliphatic heterocycles. The Hall–Kier alpha value is -0.610. The van der Waals surface area contributed by atoms with Crippen molar-refractivity contribution in [1.29, 1.82) is 0 Å². The number of piperidine rings is 2. The van der Waals surface area contributed by atoms with E-state index >= 15 is 0 Å². The van der Waals surface area contributed by atoms with E-state index in [-0.39, 0.29) is 5.41 Å². The summed E-state index contributed by atoms with van der Waals surface area (Å²) in [6.45, 7) is 10.1. The van der Waals surface area contributed by atoms with E-state index in [1.807, 2.05) is 11.3 Å². The van der Waals surface area contributed by atoms with Crippen molar-refractivity contribution in [3.8, 4) is 0 Å². The molecule has 0 spiro atoms. The van der Waals surface area contributed by atoms with Crippen molar-refractivity contribution in [3.63, 3.8) is 0 Å². The number of aromatic nitrogens is 1. The van der Waals surface area contributed by atoms with Gasteiger partial charge in [0.15, 0.2) is 5.13 Å². The van der Waals surface area contributed by atoms with Gasteiger partial charge in [-0.1, -0.05) is 27.7 Å². The van der Waals surface area contributed by atoms with Crippen molar-refractivity contribution < 1.29 is 0 Å². The van der Waals surface area contributed by atoms with Crippen LogP contribution in [0.15, 0.2) is 5.38 Å². The standard InChI is InChI=1S/C17H29N3S/c1-5-18-12-9-13-7-6-8-14(10-12)20(13)16-19-15(11-21-16)17(2,3)4/h11-14,18H,5-10H2,1-4H3. The Balaban J connectivity index is 1.80. The second kappa shape index (κ2) is 5.88. The molecular formula is C17H29N3S. The zero-order valence-corrected chi connectivity index (χ0v) is 14.7. The maximum Gasteiger partial charge on any atom is 0.186 e. The predicted octanol–water partition coefficient (Wildman–Crippen LogP) is 3.94. The zero-order valence-electron chi connectivity index (χ0n) is 13.9. The van der Waals surface area contributed by atoms with Gasteiger partial charge in [-0.3, -0.25) is 0 Å². The minimum Gasteiger partial charge on any atom is -0.342 e. The highest BCUT2D eigenvalue weighted by atomic mass is 32.1. The van der Waals surface area contributed by atoms with Crippen molar-refractivity contribution in [1.82, 2.24) is 10.3 Å². The van der Waals surface area contributed by atoms with Gasteiger partial charge in [-0.05, 0) is 38.6 Å². The molecule has 0 saturated carbocycles. The minimum atomic E-state index is 0.159. The molecule has 1 aromatic rings. The van der Waals surface area contributed by atoms with Crippen LogP contribution < -0.4 is 10.2 Å². The van der Waals surface area contributed by atoms with E-state index in [0.717, 1.165) is 6.54 Å². The third-order valence-corrected chi connectivity index (χ3v) is 5.80. The summed E-state index contributed by atoms with van der Waals surface area (Å²) >= 11 is 1.85. The fourth-order valence-electron chi connectivity index (χ4n) is 3.88. The molecule has 2 unspecified atom stereocenters. The lowest BCUT2D eigenvalue weighted by Gasteiger charge is -2.49. The number of rotatable bonds is 3. The number of thiazole rings is 1. The molecule has 2 atom stereocenters. The van der Waals surface area contributed by atoms with E-state index in [2.05, 4.69) is 43.3 Å². The summed E-state index contributed by atoms with van der Waals surface area (Å²) in [4.78, 5) is 7.65. The highest BCUT2D eigenvalue weighted by Crippen LogP contribution is 2.40. The van der Waals surface area contributed by atoms with Gasteiger partial charge in [0.25, 0.3) is 0 Å². The minimum absolute atomic E-state index is 0.159. The van der Waals surface area contributed by atoms with Crippen LogP contribution in [0.1, 0.15) is 65.5 Å². The third kappa shape index (κ3) is 3.11. The molecule has 0 aromatic carbocycles. The summed E-state index contributed by atoms with van der Waals surface area (Å²) in [6, 6.07) is 2.10. The molecule has 3 heterocycles. The molecule has 0 aliphatic carbocycles. The van der Waals surface area contributed by atoms with Gasteiger partial charge in [0.05, 0.1) is 5.69 Å². The Morgan fingerprint density at radius 3 is 2.48 bits per heavy atom. The summed E-state index contributed by atoms with van der Waals surface area (Å²) in [6.07, 6.45) is 6.64. The maximum absolute atomic E-state index is 4.98. The lowest BCUT2D eigenvalue weighted by Crippen LogP contribution is -2.56. The maximum atomic E-state index is 4.98. The predicted molar refractivity (Wildman–Crippen MR) is 91.4 cm³/mol. The van der Waals surface area contributed by atoms with Crippen LogP contribution in [0.3, 0.4) is 0 Å². The summed E-state index contributed by atoms with van der Waals surface area (Å²) < 4.78 is 0. The lowest BCUT2D eigenvalue weighted by molar-refractivity contribution is 0.247. The molecule has 21 heavy (non-hydrogen) atoms. The monoisotopic (exact) mass is 307 g/mol. The van der Waals surface area contributed by atoms with E-state index < -0.39 is 0 Å². The van der Waals surface area contributed by atoms with E-state index in [4.69, 9.17) is 4.98 Å². The van der Waals surface area contributed by atoms with E-state index in [1.165, 1.54) is 42.9 Å². The van der Waals surface area contributed by atoms with Crippen LogP contribution in [0.25, 0.3) is 0 Å². The van der Waals surface area contributed by atoms with Gasteiger partial charge in [0.1, 0.15) is 0 Å². The van der Waals surface area contributed by atoms with Gasteiger partial charge >= 0.3 is 0 Å². The smallest absolute Gasteiger partial charge is 0.186 e.